The number of carbonyl (C=O) groups excluding carboxylic acids is 2. The van der Waals surface area contributed by atoms with Crippen LogP contribution in [0.4, 0.5) is 0 Å². The molecule has 186 valence electrons. The molecule has 8 atom stereocenters. The van der Waals surface area contributed by atoms with E-state index in [2.05, 4.69) is 58.6 Å². The van der Waals surface area contributed by atoms with Gasteiger partial charge in [-0.25, -0.2) is 4.79 Å². The summed E-state index contributed by atoms with van der Waals surface area (Å²) < 4.78 is 12.5. The predicted octanol–water partition coefficient (Wildman–Crippen LogP) is 6.18. The molecule has 3 fully saturated rings. The van der Waals surface area contributed by atoms with Crippen molar-refractivity contribution in [2.75, 3.05) is 6.61 Å². The first-order valence-electron chi connectivity index (χ1n) is 13.0. The van der Waals surface area contributed by atoms with Crippen LogP contribution in [-0.4, -0.2) is 24.0 Å². The Morgan fingerprint density at radius 1 is 1.20 bits per heavy atom. The van der Waals surface area contributed by atoms with E-state index in [-0.39, 0.29) is 30.1 Å². The molecule has 2 aliphatic heterocycles. The second-order valence-corrected chi connectivity index (χ2v) is 11.7. The van der Waals surface area contributed by atoms with E-state index in [1.54, 1.807) is 6.08 Å². The highest BCUT2D eigenvalue weighted by atomic mass is 16.6. The highest BCUT2D eigenvalue weighted by Gasteiger charge is 2.83. The van der Waals surface area contributed by atoms with Crippen LogP contribution in [0.3, 0.4) is 0 Å². The fourth-order valence-corrected chi connectivity index (χ4v) is 7.57. The number of ether oxygens (including phenoxy) is 2. The number of Topliss-reactive ketones (excluding diaryl/α,β-unsaturated/α-hetero) is 1. The van der Waals surface area contributed by atoms with E-state index in [0.29, 0.717) is 11.8 Å². The first kappa shape index (κ1) is 24.2. The maximum absolute atomic E-state index is 14.5. The summed E-state index contributed by atoms with van der Waals surface area (Å²) in [7, 11) is 0. The van der Waals surface area contributed by atoms with Gasteiger partial charge in [0.2, 0.25) is 5.60 Å². The molecule has 35 heavy (non-hydrogen) atoms. The number of hydrogen-bond acceptors (Lipinski definition) is 4. The second kappa shape index (κ2) is 8.30. The number of rotatable bonds is 6. The number of ketones is 1. The van der Waals surface area contributed by atoms with Crippen molar-refractivity contribution in [1.82, 2.24) is 0 Å². The Balaban J connectivity index is 1.63. The number of hydrogen-bond donors (Lipinski definition) is 0. The lowest BCUT2D eigenvalue weighted by Crippen LogP contribution is -2.64. The minimum Gasteiger partial charge on any atom is -0.462 e. The maximum Gasteiger partial charge on any atom is 0.347 e. The quantitative estimate of drug-likeness (QED) is 0.281. The molecule has 0 bridgehead atoms. The van der Waals surface area contributed by atoms with Crippen LogP contribution in [-0.2, 0) is 24.7 Å². The summed E-state index contributed by atoms with van der Waals surface area (Å²) in [6.07, 6.45) is 9.44. The van der Waals surface area contributed by atoms with Crippen molar-refractivity contribution in [3.05, 3.63) is 71.8 Å². The van der Waals surface area contributed by atoms with E-state index in [1.165, 1.54) is 11.1 Å². The molecule has 0 aromatic heterocycles. The summed E-state index contributed by atoms with van der Waals surface area (Å²) >= 11 is 0. The number of esters is 1. The van der Waals surface area contributed by atoms with Gasteiger partial charge in [0.15, 0.2) is 5.78 Å². The van der Waals surface area contributed by atoms with Gasteiger partial charge in [0, 0.05) is 5.92 Å². The Kier molecular flexibility index (Phi) is 5.75. The Hall–Kier alpha value is -2.46. The zero-order chi connectivity index (χ0) is 25.2. The van der Waals surface area contributed by atoms with E-state index >= 15 is 0 Å². The monoisotopic (exact) mass is 474 g/mol. The van der Waals surface area contributed by atoms with Crippen LogP contribution in [0.15, 0.2) is 66.3 Å². The molecule has 1 aromatic rings. The van der Waals surface area contributed by atoms with Crippen molar-refractivity contribution in [2.24, 2.45) is 35.0 Å². The van der Waals surface area contributed by atoms with E-state index in [4.69, 9.17) is 9.47 Å². The summed E-state index contributed by atoms with van der Waals surface area (Å²) in [5.41, 5.74) is 0.197. The molecular weight excluding hydrogens is 436 g/mol. The predicted molar refractivity (Wildman–Crippen MR) is 136 cm³/mol. The topological polar surface area (TPSA) is 52.6 Å². The van der Waals surface area contributed by atoms with Crippen molar-refractivity contribution < 1.29 is 19.1 Å². The van der Waals surface area contributed by atoms with E-state index in [9.17, 15) is 9.59 Å². The minimum atomic E-state index is -1.64. The highest BCUT2D eigenvalue weighted by Crippen LogP contribution is 2.73. The second-order valence-electron chi connectivity index (χ2n) is 11.7. The number of fused-ring (bicyclic) bond motifs is 4. The number of allylic oxidation sites excluding steroid dienone is 3. The van der Waals surface area contributed by atoms with Crippen LogP contribution in [0.1, 0.15) is 59.4 Å². The van der Waals surface area contributed by atoms with Gasteiger partial charge in [0.1, 0.15) is 12.2 Å². The average molecular weight is 475 g/mol. The van der Waals surface area contributed by atoms with Crippen LogP contribution in [0, 0.1) is 35.0 Å². The molecule has 1 saturated carbocycles. The molecule has 4 nitrogen and oxygen atoms in total. The molecular formula is C31H38O4. The molecule has 0 N–H and O–H groups in total. The first-order valence-corrected chi connectivity index (χ1v) is 13.0. The first-order chi connectivity index (χ1) is 16.6. The SMILES string of the molecule is C=C[C@@]1(C)COC(=O)[C@]12O[C@]1(c3ccccc3)[C@H](C2=O)[C@H]2[C@H]([C@H](C)CCC=C(C)C)CC=C(C)[C@H]21. The van der Waals surface area contributed by atoms with Crippen molar-refractivity contribution in [2.45, 2.75) is 65.1 Å². The number of carbonyl (C=O) groups is 2. The van der Waals surface area contributed by atoms with Crippen LogP contribution >= 0.6 is 0 Å². The third kappa shape index (κ3) is 3.08. The van der Waals surface area contributed by atoms with Gasteiger partial charge in [0.25, 0.3) is 0 Å². The molecule has 2 aliphatic carbocycles. The Morgan fingerprint density at radius 2 is 1.91 bits per heavy atom. The van der Waals surface area contributed by atoms with E-state index in [1.807, 2.05) is 25.1 Å². The third-order valence-electron chi connectivity index (χ3n) is 9.52. The molecule has 5 rings (SSSR count). The molecule has 2 saturated heterocycles. The van der Waals surface area contributed by atoms with Gasteiger partial charge in [-0.2, -0.15) is 0 Å². The Morgan fingerprint density at radius 3 is 2.57 bits per heavy atom. The minimum absolute atomic E-state index is 0.0605. The number of benzene rings is 1. The Bertz CT molecular complexity index is 1110. The van der Waals surface area contributed by atoms with Gasteiger partial charge in [-0.1, -0.05) is 66.6 Å². The normalized spacial score (nSPS) is 40.3. The van der Waals surface area contributed by atoms with Crippen molar-refractivity contribution >= 4 is 11.8 Å². The summed E-state index contributed by atoms with van der Waals surface area (Å²) in [6, 6.07) is 10.1. The van der Waals surface area contributed by atoms with E-state index in [0.717, 1.165) is 24.8 Å². The van der Waals surface area contributed by atoms with Gasteiger partial charge < -0.3 is 9.47 Å². The molecule has 1 aromatic carbocycles. The largest absolute Gasteiger partial charge is 0.462 e. The molecule has 2 heterocycles. The Labute approximate surface area is 209 Å². The number of cyclic esters (lactones) is 1. The lowest BCUT2D eigenvalue weighted by Gasteiger charge is -2.62. The van der Waals surface area contributed by atoms with Gasteiger partial charge in [-0.05, 0) is 70.3 Å². The van der Waals surface area contributed by atoms with Gasteiger partial charge in [0.05, 0.1) is 11.3 Å². The zero-order valence-electron chi connectivity index (χ0n) is 21.7. The van der Waals surface area contributed by atoms with Crippen molar-refractivity contribution in [3.8, 4) is 0 Å². The lowest BCUT2D eigenvalue weighted by atomic mass is 9.42. The van der Waals surface area contributed by atoms with Crippen molar-refractivity contribution in [1.29, 1.82) is 0 Å². The molecule has 4 heteroatoms. The fraction of sp³-hybridized carbons (Fsp3) is 0.548. The summed E-state index contributed by atoms with van der Waals surface area (Å²) in [5.74, 6) is -0.00100. The van der Waals surface area contributed by atoms with Gasteiger partial charge in [-0.15, -0.1) is 6.58 Å². The highest BCUT2D eigenvalue weighted by molar-refractivity contribution is 6.13. The summed E-state index contributed by atoms with van der Waals surface area (Å²) in [4.78, 5) is 27.8. The molecule has 1 spiro atoms. The molecule has 0 unspecified atom stereocenters. The lowest BCUT2D eigenvalue weighted by molar-refractivity contribution is -0.234. The van der Waals surface area contributed by atoms with Crippen LogP contribution in [0.2, 0.25) is 0 Å². The van der Waals surface area contributed by atoms with Gasteiger partial charge >= 0.3 is 5.97 Å². The van der Waals surface area contributed by atoms with Crippen LogP contribution < -0.4 is 0 Å². The summed E-state index contributed by atoms with van der Waals surface area (Å²) in [6.45, 7) is 14.7. The average Bonchev–Trinajstić information content (AvgIpc) is 3.22. The molecule has 0 amide bonds. The standard InChI is InChI=1S/C31H38O4/c1-7-29(6)18-34-28(33)31(29)27(32)26-24-23(20(4)13-11-12-19(2)3)17-16-21(5)25(24)30(26,35-31)22-14-9-8-10-15-22/h7-10,12,14-16,20,23-26H,1,11,13,17-18H2,2-6H3/t20-,23+,24+,25-,26+,29+,30+,31+/m1/s1. The molecule has 4 aliphatic rings. The smallest absolute Gasteiger partial charge is 0.347 e. The van der Waals surface area contributed by atoms with Crippen LogP contribution in [0.5, 0.6) is 0 Å². The van der Waals surface area contributed by atoms with Gasteiger partial charge in [-0.3, -0.25) is 4.79 Å². The summed E-state index contributed by atoms with van der Waals surface area (Å²) in [5, 5.41) is 0. The third-order valence-corrected chi connectivity index (χ3v) is 9.52. The molecule has 0 radical (unpaired) electrons. The maximum atomic E-state index is 14.5. The fourth-order valence-electron chi connectivity index (χ4n) is 7.57. The zero-order valence-corrected chi connectivity index (χ0v) is 21.7. The van der Waals surface area contributed by atoms with Crippen molar-refractivity contribution in [3.63, 3.8) is 0 Å². The van der Waals surface area contributed by atoms with E-state index < -0.39 is 22.6 Å². The van der Waals surface area contributed by atoms with Crippen LogP contribution in [0.25, 0.3) is 0 Å².